The summed E-state index contributed by atoms with van der Waals surface area (Å²) < 4.78 is 7.22. The maximum Gasteiger partial charge on any atom is 0.226 e. The first-order chi connectivity index (χ1) is 11.6. The van der Waals surface area contributed by atoms with Crippen molar-refractivity contribution in [3.05, 3.63) is 23.7 Å². The van der Waals surface area contributed by atoms with Crippen molar-refractivity contribution in [1.29, 1.82) is 0 Å². The lowest BCUT2D eigenvalue weighted by molar-refractivity contribution is 0.0316. The SMILES string of the molecule is CNc1nc(Cl)nc2c1nc(-c1ccco1)n2[C@@H]1SC[C@@H](O)[C@H]1O. The van der Waals surface area contributed by atoms with E-state index in [0.29, 0.717) is 34.3 Å². The van der Waals surface area contributed by atoms with E-state index in [9.17, 15) is 10.2 Å². The second-order valence-corrected chi connectivity index (χ2v) is 6.82. The number of halogens is 1. The number of nitrogens with one attached hydrogen (secondary N) is 1. The van der Waals surface area contributed by atoms with Gasteiger partial charge in [-0.1, -0.05) is 0 Å². The minimum Gasteiger partial charge on any atom is -0.461 e. The number of hydrogen-bond acceptors (Lipinski definition) is 8. The van der Waals surface area contributed by atoms with Crippen LogP contribution in [0.5, 0.6) is 0 Å². The molecule has 4 heterocycles. The smallest absolute Gasteiger partial charge is 0.226 e. The Morgan fingerprint density at radius 1 is 1.38 bits per heavy atom. The molecular formula is C14H14ClN5O3S. The van der Waals surface area contributed by atoms with Gasteiger partial charge in [0.05, 0.1) is 12.4 Å². The number of nitrogens with zero attached hydrogens (tertiary/aromatic N) is 4. The van der Waals surface area contributed by atoms with Gasteiger partial charge in [-0.3, -0.25) is 4.57 Å². The molecule has 3 atom stereocenters. The molecule has 24 heavy (non-hydrogen) atoms. The number of imidazole rings is 1. The molecule has 10 heteroatoms. The quantitative estimate of drug-likeness (QED) is 0.601. The summed E-state index contributed by atoms with van der Waals surface area (Å²) >= 11 is 7.45. The van der Waals surface area contributed by atoms with Crippen LogP contribution in [0.4, 0.5) is 5.82 Å². The summed E-state index contributed by atoms with van der Waals surface area (Å²) in [6.07, 6.45) is -0.222. The third-order valence-electron chi connectivity index (χ3n) is 3.87. The number of aromatic nitrogens is 4. The van der Waals surface area contributed by atoms with Crippen LogP contribution < -0.4 is 5.32 Å². The highest BCUT2D eigenvalue weighted by atomic mass is 35.5. The average Bonchev–Trinajstić information content (AvgIpc) is 3.27. The third kappa shape index (κ3) is 2.35. The van der Waals surface area contributed by atoms with Crippen LogP contribution in [0.3, 0.4) is 0 Å². The molecule has 0 amide bonds. The maximum atomic E-state index is 10.4. The van der Waals surface area contributed by atoms with Crippen LogP contribution in [0.15, 0.2) is 22.8 Å². The van der Waals surface area contributed by atoms with Gasteiger partial charge in [0.2, 0.25) is 5.28 Å². The lowest BCUT2D eigenvalue weighted by Gasteiger charge is -2.19. The normalized spacial score (nSPS) is 23.9. The molecule has 0 aliphatic carbocycles. The molecule has 8 nitrogen and oxygen atoms in total. The van der Waals surface area contributed by atoms with E-state index in [1.807, 2.05) is 0 Å². The van der Waals surface area contributed by atoms with Crippen molar-refractivity contribution < 1.29 is 14.6 Å². The number of hydrogen-bond donors (Lipinski definition) is 3. The Hall–Kier alpha value is -1.81. The molecule has 126 valence electrons. The molecule has 3 N–H and O–H groups in total. The summed E-state index contributed by atoms with van der Waals surface area (Å²) in [5, 5.41) is 22.8. The molecule has 4 rings (SSSR count). The molecule has 3 aromatic heterocycles. The van der Waals surface area contributed by atoms with Crippen molar-refractivity contribution in [2.45, 2.75) is 17.6 Å². The van der Waals surface area contributed by atoms with Crippen LogP contribution in [-0.4, -0.2) is 54.7 Å². The molecule has 0 aromatic carbocycles. The Kier molecular flexibility index (Phi) is 3.87. The highest BCUT2D eigenvalue weighted by Crippen LogP contribution is 2.42. The van der Waals surface area contributed by atoms with Crippen LogP contribution in [0.2, 0.25) is 5.28 Å². The Labute approximate surface area is 145 Å². The van der Waals surface area contributed by atoms with Gasteiger partial charge < -0.3 is 19.9 Å². The van der Waals surface area contributed by atoms with Crippen molar-refractivity contribution in [2.75, 3.05) is 18.1 Å². The van der Waals surface area contributed by atoms with Crippen molar-refractivity contribution >= 4 is 40.3 Å². The van der Waals surface area contributed by atoms with Crippen LogP contribution >= 0.6 is 23.4 Å². The highest BCUT2D eigenvalue weighted by molar-refractivity contribution is 7.99. The van der Waals surface area contributed by atoms with E-state index in [4.69, 9.17) is 16.0 Å². The summed E-state index contributed by atoms with van der Waals surface area (Å²) in [5.74, 6) is 1.92. The Morgan fingerprint density at radius 3 is 2.83 bits per heavy atom. The molecule has 1 fully saturated rings. The minimum atomic E-state index is -0.951. The van der Waals surface area contributed by atoms with Crippen molar-refractivity contribution in [3.63, 3.8) is 0 Å². The summed E-state index contributed by atoms with van der Waals surface area (Å²) in [7, 11) is 1.71. The standard InChI is InChI=1S/C14H14ClN5O3S/c1-16-10-8-12(19-14(15)18-10)20(13-9(22)6(21)5-24-13)11(17-8)7-3-2-4-23-7/h2-4,6,9,13,21-22H,5H2,1H3,(H,16,18,19)/t6-,9-,13-/m1/s1. The first kappa shape index (κ1) is 15.7. The van der Waals surface area contributed by atoms with E-state index < -0.39 is 17.6 Å². The number of aliphatic hydroxyl groups excluding tert-OH is 2. The van der Waals surface area contributed by atoms with E-state index in [2.05, 4.69) is 20.3 Å². The largest absolute Gasteiger partial charge is 0.461 e. The summed E-state index contributed by atoms with van der Waals surface area (Å²) in [6.45, 7) is 0. The maximum absolute atomic E-state index is 10.4. The Bertz CT molecular complexity index is 884. The highest BCUT2D eigenvalue weighted by Gasteiger charge is 2.38. The molecule has 0 saturated carbocycles. The first-order valence-electron chi connectivity index (χ1n) is 7.25. The van der Waals surface area contributed by atoms with Crippen molar-refractivity contribution in [1.82, 2.24) is 19.5 Å². The summed E-state index contributed by atoms with van der Waals surface area (Å²) in [5.41, 5.74) is 0.985. The van der Waals surface area contributed by atoms with E-state index >= 15 is 0 Å². The van der Waals surface area contributed by atoms with E-state index in [1.54, 1.807) is 30.0 Å². The summed E-state index contributed by atoms with van der Waals surface area (Å²) in [4.78, 5) is 13.0. The van der Waals surface area contributed by atoms with Crippen LogP contribution in [-0.2, 0) is 0 Å². The number of aliphatic hydroxyl groups is 2. The number of rotatable bonds is 3. The molecule has 0 bridgehead atoms. The first-order valence-corrected chi connectivity index (χ1v) is 8.67. The zero-order chi connectivity index (χ0) is 16.8. The number of anilines is 1. The lowest BCUT2D eigenvalue weighted by Crippen LogP contribution is -2.28. The van der Waals surface area contributed by atoms with Gasteiger partial charge in [0.25, 0.3) is 0 Å². The van der Waals surface area contributed by atoms with Gasteiger partial charge in [-0.05, 0) is 23.7 Å². The van der Waals surface area contributed by atoms with Crippen LogP contribution in [0, 0.1) is 0 Å². The molecule has 1 aliphatic heterocycles. The van der Waals surface area contributed by atoms with Gasteiger partial charge in [-0.2, -0.15) is 9.97 Å². The van der Waals surface area contributed by atoms with E-state index in [-0.39, 0.29) is 5.28 Å². The zero-order valence-electron chi connectivity index (χ0n) is 12.5. The Morgan fingerprint density at radius 2 is 2.21 bits per heavy atom. The molecule has 0 unspecified atom stereocenters. The monoisotopic (exact) mass is 367 g/mol. The van der Waals surface area contributed by atoms with Gasteiger partial charge in [-0.15, -0.1) is 11.8 Å². The van der Waals surface area contributed by atoms with E-state index in [0.717, 1.165) is 0 Å². The predicted molar refractivity (Wildman–Crippen MR) is 91.1 cm³/mol. The fourth-order valence-corrected chi connectivity index (χ4v) is 4.24. The van der Waals surface area contributed by atoms with Gasteiger partial charge in [0, 0.05) is 12.8 Å². The van der Waals surface area contributed by atoms with Gasteiger partial charge >= 0.3 is 0 Å². The van der Waals surface area contributed by atoms with Gasteiger partial charge in [-0.25, -0.2) is 4.98 Å². The second kappa shape index (κ2) is 5.92. The molecule has 1 aliphatic rings. The number of furan rings is 1. The minimum absolute atomic E-state index is 0.0667. The van der Waals surface area contributed by atoms with Crippen molar-refractivity contribution in [3.8, 4) is 11.6 Å². The van der Waals surface area contributed by atoms with E-state index in [1.165, 1.54) is 11.8 Å². The summed E-state index contributed by atoms with van der Waals surface area (Å²) in [6, 6.07) is 3.53. The average molecular weight is 368 g/mol. The second-order valence-electron chi connectivity index (χ2n) is 5.33. The Balaban J connectivity index is 2.01. The third-order valence-corrected chi connectivity index (χ3v) is 5.40. The molecule has 0 spiro atoms. The number of thioether (sulfide) groups is 1. The van der Waals surface area contributed by atoms with Crippen molar-refractivity contribution in [2.24, 2.45) is 0 Å². The molecule has 3 aromatic rings. The molecular weight excluding hydrogens is 354 g/mol. The topological polar surface area (TPSA) is 109 Å². The molecule has 0 radical (unpaired) electrons. The predicted octanol–water partition coefficient (Wildman–Crippen LogP) is 1.75. The van der Waals surface area contributed by atoms with Crippen LogP contribution in [0.1, 0.15) is 5.37 Å². The fraction of sp³-hybridized carbons (Fsp3) is 0.357. The lowest BCUT2D eigenvalue weighted by atomic mass is 10.2. The van der Waals surface area contributed by atoms with Gasteiger partial charge in [0.1, 0.15) is 11.5 Å². The fourth-order valence-electron chi connectivity index (χ4n) is 2.75. The molecule has 1 saturated heterocycles. The number of fused-ring (bicyclic) bond motifs is 1. The van der Waals surface area contributed by atoms with Gasteiger partial charge in [0.15, 0.2) is 28.6 Å². The zero-order valence-corrected chi connectivity index (χ0v) is 14.1. The van der Waals surface area contributed by atoms with Crippen LogP contribution in [0.25, 0.3) is 22.7 Å².